The van der Waals surface area contributed by atoms with Gasteiger partial charge < -0.3 is 15.6 Å². The highest BCUT2D eigenvalue weighted by molar-refractivity contribution is 7.79. The zero-order valence-electron chi connectivity index (χ0n) is 22.0. The number of carbonyl (C=O) groups excluding carboxylic acids is 2. The van der Waals surface area contributed by atoms with Gasteiger partial charge in [-0.05, 0) is 61.7 Å². The van der Waals surface area contributed by atoms with Gasteiger partial charge in [-0.2, -0.15) is 21.6 Å². The second kappa shape index (κ2) is 11.4. The Balaban J connectivity index is 0.000000748. The molecule has 5 N–H and O–H groups in total. The molecule has 0 bridgehead atoms. The van der Waals surface area contributed by atoms with E-state index in [4.69, 9.17) is 29.1 Å². The van der Waals surface area contributed by atoms with Crippen molar-refractivity contribution in [3.8, 4) is 0 Å². The highest BCUT2D eigenvalue weighted by Gasteiger charge is 2.42. The van der Waals surface area contributed by atoms with Crippen molar-refractivity contribution in [1.82, 2.24) is 9.97 Å². The van der Waals surface area contributed by atoms with E-state index in [0.717, 1.165) is 25.0 Å². The van der Waals surface area contributed by atoms with Gasteiger partial charge in [0.25, 0.3) is 11.8 Å². The summed E-state index contributed by atoms with van der Waals surface area (Å²) in [4.78, 5) is 34.2. The Morgan fingerprint density at radius 3 is 2.24 bits per heavy atom. The third-order valence-electron chi connectivity index (χ3n) is 6.65. The van der Waals surface area contributed by atoms with Crippen LogP contribution in [0.25, 0.3) is 11.0 Å². The predicted molar refractivity (Wildman–Crippen MR) is 150 cm³/mol. The van der Waals surface area contributed by atoms with Crippen molar-refractivity contribution in [1.29, 1.82) is 0 Å². The molecule has 2 amide bonds. The summed E-state index contributed by atoms with van der Waals surface area (Å²) in [5.41, 5.74) is 0.665. The molecule has 1 saturated carbocycles. The molecule has 0 saturated heterocycles. The van der Waals surface area contributed by atoms with Crippen molar-refractivity contribution in [3.05, 3.63) is 87.7 Å². The maximum atomic E-state index is 13.5. The number of carbonyl (C=O) groups is 2. The standard InChI is InChI=1S/C27H22ClF3N4O2.H2O4S/c1-14-19(28)8-5-9-20(14)33-24(37)17-12-15(13-21-22(17)35-25(34-21)26(2)10-11-26)32-23(36)16-6-3-4-7-18(16)27(29,30)31;1-5(2,3)4/h3-9,12-13H,10-11H2,1-2H3,(H,32,36)(H,33,37)(H,34,35);(H2,1,2,3,4). The van der Waals surface area contributed by atoms with E-state index in [1.54, 1.807) is 31.2 Å². The quantitative estimate of drug-likeness (QED) is 0.159. The fourth-order valence-corrected chi connectivity index (χ4v) is 4.31. The molecule has 1 aliphatic carbocycles. The molecule has 3 aromatic carbocycles. The molecule has 5 rings (SSSR count). The van der Waals surface area contributed by atoms with Crippen molar-refractivity contribution in [2.75, 3.05) is 10.6 Å². The molecular formula is C27H24ClF3N4O6S. The van der Waals surface area contributed by atoms with Crippen molar-refractivity contribution < 1.29 is 40.3 Å². The van der Waals surface area contributed by atoms with Crippen LogP contribution in [0.4, 0.5) is 24.5 Å². The van der Waals surface area contributed by atoms with Gasteiger partial charge in [-0.25, -0.2) is 4.98 Å². The van der Waals surface area contributed by atoms with E-state index in [-0.39, 0.29) is 16.7 Å². The lowest BCUT2D eigenvalue weighted by Crippen LogP contribution is -2.19. The lowest BCUT2D eigenvalue weighted by molar-refractivity contribution is -0.137. The molecule has 1 aromatic heterocycles. The third kappa shape index (κ3) is 7.26. The number of amides is 2. The van der Waals surface area contributed by atoms with Crippen LogP contribution >= 0.6 is 11.6 Å². The predicted octanol–water partition coefficient (Wildman–Crippen LogP) is 6.45. The number of rotatable bonds is 5. The van der Waals surface area contributed by atoms with Crippen molar-refractivity contribution >= 4 is 56.2 Å². The molecule has 1 aliphatic rings. The minimum absolute atomic E-state index is 0.134. The molecule has 1 fully saturated rings. The molecule has 15 heteroatoms. The van der Waals surface area contributed by atoms with E-state index in [1.807, 2.05) is 0 Å². The lowest BCUT2D eigenvalue weighted by Gasteiger charge is -2.14. The number of H-pyrrole nitrogens is 1. The van der Waals surface area contributed by atoms with Gasteiger partial charge >= 0.3 is 16.6 Å². The highest BCUT2D eigenvalue weighted by Crippen LogP contribution is 2.47. The summed E-state index contributed by atoms with van der Waals surface area (Å²) < 4.78 is 72.0. The summed E-state index contributed by atoms with van der Waals surface area (Å²) in [6.45, 7) is 3.82. The Bertz CT molecular complexity index is 1800. The molecule has 0 unspecified atom stereocenters. The Hall–Kier alpha value is -3.98. The number of anilines is 2. The summed E-state index contributed by atoms with van der Waals surface area (Å²) in [5.74, 6) is -0.735. The van der Waals surface area contributed by atoms with Crippen LogP contribution in [0.5, 0.6) is 0 Å². The van der Waals surface area contributed by atoms with E-state index in [9.17, 15) is 22.8 Å². The van der Waals surface area contributed by atoms with Crippen LogP contribution in [0, 0.1) is 6.92 Å². The first-order chi connectivity index (χ1) is 19.5. The maximum absolute atomic E-state index is 13.5. The van der Waals surface area contributed by atoms with Gasteiger partial charge in [0.05, 0.1) is 22.2 Å². The summed E-state index contributed by atoms with van der Waals surface area (Å²) in [5, 5.41) is 5.83. The van der Waals surface area contributed by atoms with Gasteiger partial charge in [-0.15, -0.1) is 0 Å². The van der Waals surface area contributed by atoms with Crippen molar-refractivity contribution in [2.24, 2.45) is 0 Å². The van der Waals surface area contributed by atoms with Crippen molar-refractivity contribution in [2.45, 2.75) is 38.3 Å². The zero-order valence-corrected chi connectivity index (χ0v) is 23.6. The first-order valence-electron chi connectivity index (χ1n) is 12.2. The van der Waals surface area contributed by atoms with Gasteiger partial charge in [0.1, 0.15) is 11.3 Å². The zero-order chi connectivity index (χ0) is 31.0. The minimum atomic E-state index is -4.70. The molecule has 10 nitrogen and oxygen atoms in total. The van der Waals surface area contributed by atoms with E-state index in [1.165, 1.54) is 18.2 Å². The van der Waals surface area contributed by atoms with Crippen LogP contribution in [0.2, 0.25) is 5.02 Å². The van der Waals surface area contributed by atoms with E-state index in [0.29, 0.717) is 33.1 Å². The number of halogens is 4. The third-order valence-corrected chi connectivity index (χ3v) is 7.06. The number of benzene rings is 3. The molecule has 0 spiro atoms. The van der Waals surface area contributed by atoms with Crippen LogP contribution in [0.3, 0.4) is 0 Å². The molecule has 0 radical (unpaired) electrons. The summed E-state index contributed by atoms with van der Waals surface area (Å²) in [7, 11) is -4.67. The first kappa shape index (κ1) is 31.0. The Morgan fingerprint density at radius 1 is 1.00 bits per heavy atom. The molecule has 1 heterocycles. The van der Waals surface area contributed by atoms with Gasteiger partial charge in [-0.1, -0.05) is 36.7 Å². The SMILES string of the molecule is Cc1c(Cl)cccc1NC(=O)c1cc(NC(=O)c2ccccc2C(F)(F)F)cc2[nH]c(C3(C)CC3)nc12.O=S(=O)(O)O. The number of aromatic amines is 1. The van der Waals surface area contributed by atoms with Crippen LogP contribution in [-0.2, 0) is 22.0 Å². The average molecular weight is 625 g/mol. The number of aromatic nitrogens is 2. The normalized spacial score (nSPS) is 14.1. The number of fused-ring (bicyclic) bond motifs is 1. The number of nitrogens with one attached hydrogen (secondary N) is 3. The average Bonchev–Trinajstić information content (AvgIpc) is 3.48. The number of imidazole rings is 1. The fourth-order valence-electron chi connectivity index (χ4n) is 4.13. The molecule has 0 atom stereocenters. The monoisotopic (exact) mass is 624 g/mol. The summed E-state index contributed by atoms with van der Waals surface area (Å²) >= 11 is 6.19. The molecule has 42 heavy (non-hydrogen) atoms. The second-order valence-electron chi connectivity index (χ2n) is 9.88. The van der Waals surface area contributed by atoms with Gasteiger partial charge in [0, 0.05) is 21.8 Å². The van der Waals surface area contributed by atoms with Crippen molar-refractivity contribution in [3.63, 3.8) is 0 Å². The molecule has 222 valence electrons. The second-order valence-corrected chi connectivity index (χ2v) is 11.2. The first-order valence-corrected chi connectivity index (χ1v) is 14.0. The molecule has 4 aromatic rings. The van der Waals surface area contributed by atoms with Gasteiger partial charge in [0.15, 0.2) is 0 Å². The Kier molecular flexibility index (Phi) is 8.38. The van der Waals surface area contributed by atoms with Crippen LogP contribution < -0.4 is 10.6 Å². The van der Waals surface area contributed by atoms with Crippen LogP contribution in [-0.4, -0.2) is 39.3 Å². The van der Waals surface area contributed by atoms with E-state index in [2.05, 4.69) is 27.5 Å². The van der Waals surface area contributed by atoms with E-state index < -0.39 is 39.5 Å². The summed E-state index contributed by atoms with van der Waals surface area (Å²) in [6, 6.07) is 12.6. The Morgan fingerprint density at radius 2 is 1.62 bits per heavy atom. The highest BCUT2D eigenvalue weighted by atomic mass is 35.5. The topological polar surface area (TPSA) is 161 Å². The molecular weight excluding hydrogens is 601 g/mol. The van der Waals surface area contributed by atoms with E-state index >= 15 is 0 Å². The fraction of sp³-hybridized carbons (Fsp3) is 0.222. The lowest BCUT2D eigenvalue weighted by atomic mass is 10.1. The molecule has 0 aliphatic heterocycles. The van der Waals surface area contributed by atoms with Gasteiger partial charge in [-0.3, -0.25) is 18.7 Å². The van der Waals surface area contributed by atoms with Crippen LogP contribution in [0.15, 0.2) is 54.6 Å². The number of alkyl halides is 3. The smallest absolute Gasteiger partial charge is 0.341 e. The maximum Gasteiger partial charge on any atom is 0.417 e. The number of nitrogens with zero attached hydrogens (tertiary/aromatic N) is 1. The van der Waals surface area contributed by atoms with Crippen LogP contribution in [0.1, 0.15) is 57.4 Å². The Labute approximate surface area is 242 Å². The largest absolute Gasteiger partial charge is 0.417 e. The minimum Gasteiger partial charge on any atom is -0.341 e. The van der Waals surface area contributed by atoms with Gasteiger partial charge in [0.2, 0.25) is 0 Å². The number of hydrogen-bond donors (Lipinski definition) is 5. The summed E-state index contributed by atoms with van der Waals surface area (Å²) in [6.07, 6.45) is -2.82. The number of hydrogen-bond acceptors (Lipinski definition) is 5.